The number of Topliss-reactive ketones (excluding diaryl/α,β-unsaturated/α-hetero) is 1. The third-order valence-electron chi connectivity index (χ3n) is 14.0. The second-order valence-corrected chi connectivity index (χ2v) is 22.5. The van der Waals surface area contributed by atoms with Crippen LogP contribution >= 0.6 is 0 Å². The Bertz CT molecular complexity index is 1590. The summed E-state index contributed by atoms with van der Waals surface area (Å²) in [5, 5.41) is 2.60. The molecule has 0 saturated heterocycles. The quantitative estimate of drug-likeness (QED) is 0.131. The molecule has 0 bridgehead atoms. The van der Waals surface area contributed by atoms with Crippen molar-refractivity contribution >= 4 is 36.4 Å². The minimum Gasteiger partial charge on any atom is -0.466 e. The van der Waals surface area contributed by atoms with E-state index in [1.807, 2.05) is 6.92 Å². The highest BCUT2D eigenvalue weighted by Gasteiger charge is 2.63. The highest BCUT2D eigenvalue weighted by Crippen LogP contribution is 2.67. The molecule has 0 amide bonds. The van der Waals surface area contributed by atoms with Gasteiger partial charge >= 0.3 is 11.9 Å². The molecule has 9 atom stereocenters. The SMILES string of the molecule is CC(=O)OC[C@@H](C)CCC(=O)O[C@H]1C[C@H]2[C@@H]3CC=C4C[C@@H](O[Si](c5ccccc5)(c5ccccc5)C(C)(C)C)CC[C@]4(C)[C@H]3CC[C@]2(C)[C@H]1C(C)=O. The van der Waals surface area contributed by atoms with Crippen molar-refractivity contribution in [1.82, 2.24) is 0 Å². The lowest BCUT2D eigenvalue weighted by atomic mass is 9.47. The van der Waals surface area contributed by atoms with Crippen LogP contribution in [0.3, 0.4) is 0 Å². The summed E-state index contributed by atoms with van der Waals surface area (Å²) < 4.78 is 19.0. The van der Waals surface area contributed by atoms with Gasteiger partial charge in [-0.25, -0.2) is 0 Å². The molecular weight excluding hydrogens is 665 g/mol. The number of esters is 2. The van der Waals surface area contributed by atoms with Crippen molar-refractivity contribution in [2.24, 2.45) is 40.4 Å². The summed E-state index contributed by atoms with van der Waals surface area (Å²) in [6.45, 7) is 17.3. The summed E-state index contributed by atoms with van der Waals surface area (Å²) in [6.07, 6.45) is 10.2. The first-order chi connectivity index (χ1) is 24.6. The van der Waals surface area contributed by atoms with E-state index in [9.17, 15) is 14.4 Å². The van der Waals surface area contributed by atoms with Crippen molar-refractivity contribution in [2.45, 2.75) is 130 Å². The number of hydrogen-bond donors (Lipinski definition) is 0. The molecule has 6 rings (SSSR count). The number of benzene rings is 2. The zero-order valence-corrected chi connectivity index (χ0v) is 33.9. The molecule has 282 valence electrons. The Kier molecular flexibility index (Phi) is 11.2. The second-order valence-electron chi connectivity index (χ2n) is 18.2. The number of carbonyl (C=O) groups is 3. The lowest BCUT2D eigenvalue weighted by Gasteiger charge is -2.58. The van der Waals surface area contributed by atoms with Crippen LogP contribution in [0, 0.1) is 40.4 Å². The Morgan fingerprint density at radius 1 is 0.904 bits per heavy atom. The molecule has 4 aliphatic rings. The average Bonchev–Trinajstić information content (AvgIpc) is 3.40. The second kappa shape index (κ2) is 15.0. The van der Waals surface area contributed by atoms with E-state index < -0.39 is 8.32 Å². The predicted molar refractivity (Wildman–Crippen MR) is 209 cm³/mol. The van der Waals surface area contributed by atoms with Crippen LogP contribution in [0.15, 0.2) is 72.3 Å². The lowest BCUT2D eigenvalue weighted by Crippen LogP contribution is -2.68. The van der Waals surface area contributed by atoms with Crippen molar-refractivity contribution in [3.05, 3.63) is 72.3 Å². The third kappa shape index (κ3) is 7.13. The minimum atomic E-state index is -2.66. The van der Waals surface area contributed by atoms with Gasteiger partial charge in [0.25, 0.3) is 8.32 Å². The van der Waals surface area contributed by atoms with Crippen molar-refractivity contribution in [3.63, 3.8) is 0 Å². The standard InChI is InChI=1S/C45H62O6Si/c1-30(29-49-32(3)47)19-22-41(48)50-40-28-39-37-21-20-33-27-34(23-25-44(33,7)38(37)24-26-45(39,8)42(40)31(2)46)51-52(43(4,5)6,35-15-11-9-12-16-35)36-17-13-10-14-18-36/h9-18,20,30,34,37-40,42H,19,21-29H2,1-8H3/t30-,34-,37+,38-,39-,40-,42-,44-,45-/m0/s1. The molecule has 4 aliphatic carbocycles. The fraction of sp³-hybridized carbons (Fsp3) is 0.622. The van der Waals surface area contributed by atoms with Crippen molar-refractivity contribution < 1.29 is 28.3 Å². The van der Waals surface area contributed by atoms with Crippen molar-refractivity contribution in [3.8, 4) is 0 Å². The van der Waals surface area contributed by atoms with Crippen LogP contribution < -0.4 is 10.4 Å². The highest BCUT2D eigenvalue weighted by molar-refractivity contribution is 6.99. The average molecular weight is 727 g/mol. The molecule has 0 aliphatic heterocycles. The van der Waals surface area contributed by atoms with E-state index in [4.69, 9.17) is 13.9 Å². The van der Waals surface area contributed by atoms with Gasteiger partial charge in [-0.15, -0.1) is 0 Å². The fourth-order valence-electron chi connectivity index (χ4n) is 11.4. The van der Waals surface area contributed by atoms with E-state index in [0.29, 0.717) is 30.8 Å². The smallest absolute Gasteiger partial charge is 0.306 e. The normalized spacial score (nSPS) is 32.0. The van der Waals surface area contributed by atoms with Crippen molar-refractivity contribution in [1.29, 1.82) is 0 Å². The fourth-order valence-corrected chi connectivity index (χ4v) is 16.2. The van der Waals surface area contributed by atoms with E-state index in [-0.39, 0.29) is 64.1 Å². The van der Waals surface area contributed by atoms with Gasteiger partial charge in [0.05, 0.1) is 12.5 Å². The van der Waals surface area contributed by atoms with Crippen LogP contribution in [0.25, 0.3) is 0 Å². The summed E-state index contributed by atoms with van der Waals surface area (Å²) in [5.41, 5.74) is 1.50. The summed E-state index contributed by atoms with van der Waals surface area (Å²) in [7, 11) is -2.66. The lowest BCUT2D eigenvalue weighted by molar-refractivity contribution is -0.154. The number of ether oxygens (including phenoxy) is 2. The van der Waals surface area contributed by atoms with E-state index >= 15 is 0 Å². The first-order valence-electron chi connectivity index (χ1n) is 19.9. The monoisotopic (exact) mass is 726 g/mol. The topological polar surface area (TPSA) is 78.9 Å². The number of carbonyl (C=O) groups excluding carboxylic acids is 3. The molecule has 0 unspecified atom stereocenters. The molecule has 0 heterocycles. The van der Waals surface area contributed by atoms with E-state index in [1.54, 1.807) is 12.5 Å². The van der Waals surface area contributed by atoms with Gasteiger partial charge < -0.3 is 13.9 Å². The Morgan fingerprint density at radius 2 is 1.54 bits per heavy atom. The van der Waals surface area contributed by atoms with Gasteiger partial charge in [-0.05, 0) is 108 Å². The number of hydrogen-bond acceptors (Lipinski definition) is 6. The molecule has 3 fully saturated rings. The maximum atomic E-state index is 13.3. The van der Waals surface area contributed by atoms with E-state index in [1.165, 1.54) is 17.3 Å². The van der Waals surface area contributed by atoms with Crippen LogP contribution in [-0.2, 0) is 28.3 Å². The van der Waals surface area contributed by atoms with Crippen LogP contribution in [0.1, 0.15) is 113 Å². The van der Waals surface area contributed by atoms with Gasteiger partial charge in [-0.1, -0.05) is 114 Å². The molecule has 0 aromatic heterocycles. The van der Waals surface area contributed by atoms with Gasteiger partial charge in [0.1, 0.15) is 11.9 Å². The molecule has 7 heteroatoms. The Balaban J connectivity index is 1.21. The summed E-state index contributed by atoms with van der Waals surface area (Å²) in [4.78, 5) is 37.7. The van der Waals surface area contributed by atoms with Gasteiger partial charge in [0.15, 0.2) is 0 Å². The zero-order valence-electron chi connectivity index (χ0n) is 32.9. The zero-order chi connectivity index (χ0) is 37.5. The Labute approximate surface area is 313 Å². The van der Waals surface area contributed by atoms with Crippen molar-refractivity contribution in [2.75, 3.05) is 6.61 Å². The van der Waals surface area contributed by atoms with Gasteiger partial charge in [0, 0.05) is 19.4 Å². The molecule has 2 aromatic carbocycles. The third-order valence-corrected chi connectivity index (χ3v) is 19.1. The Hall–Kier alpha value is -3.03. The van der Waals surface area contributed by atoms with Crippen LogP contribution in [0.4, 0.5) is 0 Å². The first kappa shape index (κ1) is 38.7. The molecule has 0 radical (unpaired) electrons. The number of ketones is 1. The predicted octanol–water partition coefficient (Wildman–Crippen LogP) is 8.60. The number of fused-ring (bicyclic) bond motifs is 5. The van der Waals surface area contributed by atoms with Crippen LogP contribution in [0.5, 0.6) is 0 Å². The minimum absolute atomic E-state index is 0.0613. The molecule has 3 saturated carbocycles. The molecule has 0 N–H and O–H groups in total. The molecular formula is C45H62O6Si. The van der Waals surface area contributed by atoms with Crippen LogP contribution in [0.2, 0.25) is 5.04 Å². The molecule has 2 aromatic rings. The maximum absolute atomic E-state index is 13.3. The molecule has 6 nitrogen and oxygen atoms in total. The van der Waals surface area contributed by atoms with E-state index in [0.717, 1.165) is 44.9 Å². The van der Waals surface area contributed by atoms with E-state index in [2.05, 4.69) is 101 Å². The molecule has 0 spiro atoms. The maximum Gasteiger partial charge on any atom is 0.306 e. The van der Waals surface area contributed by atoms with Crippen LogP contribution in [-0.4, -0.2) is 44.9 Å². The molecule has 52 heavy (non-hydrogen) atoms. The number of allylic oxidation sites excluding steroid dienone is 1. The summed E-state index contributed by atoms with van der Waals surface area (Å²) in [5.74, 6) is 0.730. The Morgan fingerprint density at radius 3 is 2.12 bits per heavy atom. The van der Waals surface area contributed by atoms with Gasteiger partial charge in [0.2, 0.25) is 0 Å². The van der Waals surface area contributed by atoms with Gasteiger partial charge in [-0.2, -0.15) is 0 Å². The highest BCUT2D eigenvalue weighted by atomic mass is 28.4. The first-order valence-corrected chi connectivity index (χ1v) is 21.8. The summed E-state index contributed by atoms with van der Waals surface area (Å²) in [6, 6.07) is 22.0. The largest absolute Gasteiger partial charge is 0.466 e. The number of rotatable bonds is 11. The summed E-state index contributed by atoms with van der Waals surface area (Å²) >= 11 is 0. The van der Waals surface area contributed by atoms with Gasteiger partial charge in [-0.3, -0.25) is 14.4 Å².